The number of rotatable bonds is 7. The zero-order chi connectivity index (χ0) is 15.2. The van der Waals surface area contributed by atoms with Gasteiger partial charge in [-0.15, -0.1) is 11.3 Å². The Hall–Kier alpha value is -1.63. The third-order valence-corrected chi connectivity index (χ3v) is 3.63. The molecule has 0 aliphatic carbocycles. The molecule has 0 unspecified atom stereocenters. The molecular weight excluding hydrogens is 278 g/mol. The second kappa shape index (κ2) is 7.23. The molecule has 1 heterocycles. The van der Waals surface area contributed by atoms with Crippen LogP contribution in [0.3, 0.4) is 0 Å². The molecule has 1 aromatic rings. The highest BCUT2D eigenvalue weighted by molar-refractivity contribution is 7.09. The fraction of sp³-hybridized carbons (Fsp3) is 0.615. The molecule has 3 N–H and O–H groups in total. The fourth-order valence-corrected chi connectivity index (χ4v) is 2.62. The Morgan fingerprint density at radius 2 is 2.15 bits per heavy atom. The van der Waals surface area contributed by atoms with Crippen molar-refractivity contribution in [3.63, 3.8) is 0 Å². The van der Waals surface area contributed by atoms with Crippen LogP contribution < -0.4 is 10.6 Å². The van der Waals surface area contributed by atoms with E-state index in [1.807, 2.05) is 13.8 Å². The topological polar surface area (TPSA) is 91.3 Å². The second-order valence-corrected chi connectivity index (χ2v) is 6.14. The first-order valence-corrected chi connectivity index (χ1v) is 7.45. The Morgan fingerprint density at radius 1 is 1.45 bits per heavy atom. The summed E-state index contributed by atoms with van der Waals surface area (Å²) in [6.45, 7) is 6.47. The van der Waals surface area contributed by atoms with Crippen LogP contribution in [0.25, 0.3) is 0 Å². The average Bonchev–Trinajstić information content (AvgIpc) is 2.76. The molecule has 0 saturated carbocycles. The summed E-state index contributed by atoms with van der Waals surface area (Å²) in [4.78, 5) is 26.3. The SMILES string of the molecule is CCCC(C)(C)NC(=O)NCCc1nc(C(=O)O)cs1. The molecule has 20 heavy (non-hydrogen) atoms. The number of carboxylic acid groups (broad SMARTS) is 1. The van der Waals surface area contributed by atoms with Crippen LogP contribution in [0.4, 0.5) is 4.79 Å². The van der Waals surface area contributed by atoms with Gasteiger partial charge >= 0.3 is 12.0 Å². The molecule has 1 rings (SSSR count). The van der Waals surface area contributed by atoms with Crippen molar-refractivity contribution >= 4 is 23.3 Å². The van der Waals surface area contributed by atoms with Gasteiger partial charge in [-0.05, 0) is 20.3 Å². The first-order valence-electron chi connectivity index (χ1n) is 6.58. The predicted octanol–water partition coefficient (Wildman–Crippen LogP) is 2.26. The molecule has 2 amide bonds. The zero-order valence-corrected chi connectivity index (χ0v) is 12.8. The van der Waals surface area contributed by atoms with Crippen LogP contribution in [0.2, 0.25) is 0 Å². The lowest BCUT2D eigenvalue weighted by molar-refractivity contribution is 0.0691. The molecule has 6 nitrogen and oxygen atoms in total. The van der Waals surface area contributed by atoms with Crippen molar-refractivity contribution in [2.45, 2.75) is 45.6 Å². The van der Waals surface area contributed by atoms with Crippen LogP contribution >= 0.6 is 11.3 Å². The number of urea groups is 1. The second-order valence-electron chi connectivity index (χ2n) is 5.20. The Bertz CT molecular complexity index is 471. The van der Waals surface area contributed by atoms with Crippen LogP contribution in [-0.2, 0) is 6.42 Å². The summed E-state index contributed by atoms with van der Waals surface area (Å²) in [5.41, 5.74) is -0.172. The van der Waals surface area contributed by atoms with Crippen molar-refractivity contribution in [2.75, 3.05) is 6.54 Å². The van der Waals surface area contributed by atoms with Crippen LogP contribution in [-0.4, -0.2) is 34.2 Å². The smallest absolute Gasteiger partial charge is 0.355 e. The maximum absolute atomic E-state index is 11.7. The molecule has 112 valence electrons. The lowest BCUT2D eigenvalue weighted by atomic mass is 9.99. The number of thiazole rings is 1. The Labute approximate surface area is 122 Å². The van der Waals surface area contributed by atoms with Crippen LogP contribution in [0.5, 0.6) is 0 Å². The van der Waals surface area contributed by atoms with Gasteiger partial charge < -0.3 is 15.7 Å². The lowest BCUT2D eigenvalue weighted by Crippen LogP contribution is -2.48. The van der Waals surface area contributed by atoms with E-state index in [0.29, 0.717) is 18.0 Å². The summed E-state index contributed by atoms with van der Waals surface area (Å²) in [6, 6.07) is -0.210. The van der Waals surface area contributed by atoms with Gasteiger partial charge in [-0.25, -0.2) is 14.6 Å². The maximum atomic E-state index is 11.7. The van der Waals surface area contributed by atoms with Crippen molar-refractivity contribution in [3.8, 4) is 0 Å². The molecule has 1 aromatic heterocycles. The molecule has 0 aromatic carbocycles. The number of carbonyl (C=O) groups is 2. The minimum Gasteiger partial charge on any atom is -0.476 e. The number of aromatic nitrogens is 1. The maximum Gasteiger partial charge on any atom is 0.355 e. The first-order chi connectivity index (χ1) is 9.34. The van der Waals surface area contributed by atoms with Crippen LogP contribution in [0, 0.1) is 0 Å². The molecule has 0 bridgehead atoms. The molecule has 0 atom stereocenters. The highest BCUT2D eigenvalue weighted by atomic mass is 32.1. The van der Waals surface area contributed by atoms with Gasteiger partial charge in [0.1, 0.15) is 0 Å². The van der Waals surface area contributed by atoms with Crippen molar-refractivity contribution in [1.82, 2.24) is 15.6 Å². The van der Waals surface area contributed by atoms with Crippen molar-refractivity contribution in [3.05, 3.63) is 16.1 Å². The summed E-state index contributed by atoms with van der Waals surface area (Å²) in [6.07, 6.45) is 2.44. The predicted molar refractivity (Wildman–Crippen MR) is 78.3 cm³/mol. The van der Waals surface area contributed by atoms with E-state index >= 15 is 0 Å². The monoisotopic (exact) mass is 299 g/mol. The highest BCUT2D eigenvalue weighted by Gasteiger charge is 2.18. The van der Waals surface area contributed by atoms with Gasteiger partial charge in [0.05, 0.1) is 5.01 Å². The summed E-state index contributed by atoms with van der Waals surface area (Å²) in [5.74, 6) is -1.03. The van der Waals surface area contributed by atoms with Gasteiger partial charge in [0, 0.05) is 23.9 Å². The van der Waals surface area contributed by atoms with Crippen molar-refractivity contribution in [1.29, 1.82) is 0 Å². The average molecular weight is 299 g/mol. The van der Waals surface area contributed by atoms with Crippen molar-refractivity contribution < 1.29 is 14.7 Å². The molecule has 0 saturated heterocycles. The van der Waals surface area contributed by atoms with E-state index in [1.54, 1.807) is 0 Å². The number of nitrogens with zero attached hydrogens (tertiary/aromatic N) is 1. The third-order valence-electron chi connectivity index (χ3n) is 2.72. The number of hydrogen-bond acceptors (Lipinski definition) is 4. The number of aromatic carboxylic acids is 1. The first kappa shape index (κ1) is 16.4. The molecule has 0 spiro atoms. The standard InChI is InChI=1S/C13H21N3O3S/c1-4-6-13(2,3)16-12(19)14-7-5-10-15-9(8-20-10)11(17)18/h8H,4-7H2,1-3H3,(H,17,18)(H2,14,16,19). The lowest BCUT2D eigenvalue weighted by Gasteiger charge is -2.25. The number of nitrogens with one attached hydrogen (secondary N) is 2. The van der Waals surface area contributed by atoms with Gasteiger partial charge in [-0.2, -0.15) is 0 Å². The van der Waals surface area contributed by atoms with E-state index in [2.05, 4.69) is 22.5 Å². The molecule has 0 radical (unpaired) electrons. The Morgan fingerprint density at radius 3 is 2.70 bits per heavy atom. The van der Waals surface area contributed by atoms with Crippen LogP contribution in [0.15, 0.2) is 5.38 Å². The third kappa shape index (κ3) is 5.56. The van der Waals surface area contributed by atoms with Gasteiger partial charge in [0.25, 0.3) is 0 Å². The molecule has 0 fully saturated rings. The van der Waals surface area contributed by atoms with E-state index in [1.165, 1.54) is 16.7 Å². The van der Waals surface area contributed by atoms with Gasteiger partial charge in [0.2, 0.25) is 0 Å². The summed E-state index contributed by atoms with van der Waals surface area (Å²) >= 11 is 1.29. The Balaban J connectivity index is 2.33. The van der Waals surface area contributed by atoms with E-state index < -0.39 is 5.97 Å². The van der Waals surface area contributed by atoms with E-state index in [-0.39, 0.29) is 17.3 Å². The normalized spacial score (nSPS) is 11.2. The molecule has 0 aliphatic rings. The van der Waals surface area contributed by atoms with E-state index in [4.69, 9.17) is 5.11 Å². The quantitative estimate of drug-likeness (QED) is 0.720. The number of amides is 2. The largest absolute Gasteiger partial charge is 0.476 e. The number of hydrogen-bond donors (Lipinski definition) is 3. The molecular formula is C13H21N3O3S. The minimum absolute atomic E-state index is 0.0542. The highest BCUT2D eigenvalue weighted by Crippen LogP contribution is 2.11. The zero-order valence-electron chi connectivity index (χ0n) is 12.0. The van der Waals surface area contributed by atoms with Gasteiger partial charge in [0.15, 0.2) is 5.69 Å². The molecule has 7 heteroatoms. The number of carbonyl (C=O) groups excluding carboxylic acids is 1. The van der Waals surface area contributed by atoms with Gasteiger partial charge in [-0.1, -0.05) is 13.3 Å². The summed E-state index contributed by atoms with van der Waals surface area (Å²) in [7, 11) is 0. The summed E-state index contributed by atoms with van der Waals surface area (Å²) in [5, 5.41) is 16.6. The van der Waals surface area contributed by atoms with E-state index in [9.17, 15) is 9.59 Å². The number of carboxylic acids is 1. The van der Waals surface area contributed by atoms with Crippen LogP contribution in [0.1, 0.15) is 49.1 Å². The van der Waals surface area contributed by atoms with Gasteiger partial charge in [-0.3, -0.25) is 0 Å². The Kier molecular flexibility index (Phi) is 5.94. The minimum atomic E-state index is -1.03. The fourth-order valence-electron chi connectivity index (χ4n) is 1.85. The van der Waals surface area contributed by atoms with E-state index in [0.717, 1.165) is 12.8 Å². The summed E-state index contributed by atoms with van der Waals surface area (Å²) < 4.78 is 0. The molecule has 0 aliphatic heterocycles. The van der Waals surface area contributed by atoms with Crippen molar-refractivity contribution in [2.24, 2.45) is 0 Å².